The molecule has 0 aliphatic carbocycles. The third kappa shape index (κ3) is 3.97. The zero-order valence-electron chi connectivity index (χ0n) is 15.3. The van der Waals surface area contributed by atoms with Gasteiger partial charge in [-0.3, -0.25) is 4.79 Å². The van der Waals surface area contributed by atoms with Crippen LogP contribution in [0.25, 0.3) is 16.3 Å². The number of rotatable bonds is 6. The summed E-state index contributed by atoms with van der Waals surface area (Å²) < 4.78 is 6.95. The van der Waals surface area contributed by atoms with Gasteiger partial charge in [0, 0.05) is 0 Å². The maximum absolute atomic E-state index is 12.6. The minimum Gasteiger partial charge on any atom is -0.497 e. The summed E-state index contributed by atoms with van der Waals surface area (Å²) in [6.07, 6.45) is 2.14. The van der Waals surface area contributed by atoms with Gasteiger partial charge >= 0.3 is 0 Å². The van der Waals surface area contributed by atoms with Crippen molar-refractivity contribution in [2.45, 2.75) is 6.42 Å². The molecule has 0 fully saturated rings. The number of ether oxygens (including phenoxy) is 1. The van der Waals surface area contributed by atoms with Crippen molar-refractivity contribution in [1.29, 1.82) is 0 Å². The molecule has 140 valence electrons. The molecule has 0 unspecified atom stereocenters. The summed E-state index contributed by atoms with van der Waals surface area (Å²) in [7, 11) is 1.62. The van der Waals surface area contributed by atoms with Crippen molar-refractivity contribution in [3.8, 4) is 22.0 Å². The molecule has 0 saturated heterocycles. The number of thiophene rings is 1. The first-order valence-corrected chi connectivity index (χ1v) is 9.72. The lowest BCUT2D eigenvalue weighted by molar-refractivity contribution is -0.115. The topological polar surface area (TPSA) is 56.1 Å². The van der Waals surface area contributed by atoms with Crippen LogP contribution in [0.3, 0.4) is 0 Å². The molecule has 0 bridgehead atoms. The fourth-order valence-corrected chi connectivity index (χ4v) is 3.62. The van der Waals surface area contributed by atoms with Crippen molar-refractivity contribution in [2.75, 3.05) is 12.4 Å². The second-order valence-electron chi connectivity index (χ2n) is 6.22. The first kappa shape index (κ1) is 18.0. The fraction of sp³-hybridized carbons (Fsp3) is 0.0909. The van der Waals surface area contributed by atoms with Gasteiger partial charge < -0.3 is 10.1 Å². The van der Waals surface area contributed by atoms with Crippen LogP contribution in [0.2, 0.25) is 0 Å². The van der Waals surface area contributed by atoms with E-state index in [0.29, 0.717) is 5.69 Å². The normalized spacial score (nSPS) is 10.6. The first-order valence-electron chi connectivity index (χ1n) is 8.84. The van der Waals surface area contributed by atoms with Crippen molar-refractivity contribution >= 4 is 22.9 Å². The molecule has 0 atom stereocenters. The summed E-state index contributed by atoms with van der Waals surface area (Å²) in [5.41, 5.74) is 3.33. The number of aromatic nitrogens is 2. The number of carbonyl (C=O) groups excluding carboxylic acids is 1. The molecule has 4 rings (SSSR count). The molecule has 1 N–H and O–H groups in total. The van der Waals surface area contributed by atoms with Gasteiger partial charge in [-0.25, -0.2) is 4.68 Å². The summed E-state index contributed by atoms with van der Waals surface area (Å²) in [4.78, 5) is 13.6. The Hall–Kier alpha value is -3.38. The van der Waals surface area contributed by atoms with Crippen LogP contribution < -0.4 is 10.1 Å². The number of para-hydroxylation sites is 1. The molecule has 4 aromatic rings. The number of carbonyl (C=O) groups is 1. The van der Waals surface area contributed by atoms with E-state index in [4.69, 9.17) is 9.84 Å². The highest BCUT2D eigenvalue weighted by atomic mass is 32.1. The van der Waals surface area contributed by atoms with Gasteiger partial charge in [-0.15, -0.1) is 11.3 Å². The second kappa shape index (κ2) is 8.10. The lowest BCUT2D eigenvalue weighted by Gasteiger charge is -2.06. The average molecular weight is 389 g/mol. The number of benzene rings is 2. The Kier molecular flexibility index (Phi) is 5.21. The van der Waals surface area contributed by atoms with Gasteiger partial charge in [0.15, 0.2) is 0 Å². The van der Waals surface area contributed by atoms with Crippen LogP contribution in [0.1, 0.15) is 5.56 Å². The van der Waals surface area contributed by atoms with Gasteiger partial charge in [-0.2, -0.15) is 5.10 Å². The molecule has 1 amide bonds. The van der Waals surface area contributed by atoms with E-state index in [1.807, 2.05) is 78.3 Å². The van der Waals surface area contributed by atoms with Crippen LogP contribution in [0, 0.1) is 0 Å². The molecule has 0 spiro atoms. The summed E-state index contributed by atoms with van der Waals surface area (Å²) in [6, 6.07) is 21.3. The van der Waals surface area contributed by atoms with Crippen molar-refractivity contribution in [3.05, 3.63) is 83.9 Å². The summed E-state index contributed by atoms with van der Waals surface area (Å²) in [5.74, 6) is 0.684. The minimum atomic E-state index is -0.0874. The standard InChI is InChI=1S/C22H19N3O2S/c1-27-18-11-9-16(10-12-18)14-21(26)23-19-15-25(17-6-3-2-4-7-17)24-22(19)20-8-5-13-28-20/h2-13,15H,14H2,1H3,(H,23,26). The minimum absolute atomic E-state index is 0.0874. The van der Waals surface area contributed by atoms with E-state index >= 15 is 0 Å². The molecule has 0 saturated carbocycles. The third-order valence-corrected chi connectivity index (χ3v) is 5.16. The molecule has 5 nitrogen and oxygen atoms in total. The highest BCUT2D eigenvalue weighted by Gasteiger charge is 2.15. The molecular formula is C22H19N3O2S. The monoisotopic (exact) mass is 389 g/mol. The average Bonchev–Trinajstić information content (AvgIpc) is 3.39. The Morgan fingerprint density at radius 2 is 1.86 bits per heavy atom. The molecule has 2 aromatic heterocycles. The van der Waals surface area contributed by atoms with Crippen molar-refractivity contribution < 1.29 is 9.53 Å². The number of nitrogens with one attached hydrogen (secondary N) is 1. The number of methoxy groups -OCH3 is 1. The van der Waals surface area contributed by atoms with Crippen molar-refractivity contribution in [2.24, 2.45) is 0 Å². The molecule has 6 heteroatoms. The van der Waals surface area contributed by atoms with E-state index < -0.39 is 0 Å². The maximum atomic E-state index is 12.6. The highest BCUT2D eigenvalue weighted by Crippen LogP contribution is 2.31. The zero-order valence-corrected chi connectivity index (χ0v) is 16.1. The molecule has 0 radical (unpaired) electrons. The quantitative estimate of drug-likeness (QED) is 0.516. The van der Waals surface area contributed by atoms with Crippen LogP contribution in [0.5, 0.6) is 5.75 Å². The zero-order chi connectivity index (χ0) is 19.3. The highest BCUT2D eigenvalue weighted by molar-refractivity contribution is 7.13. The predicted octanol–water partition coefficient (Wildman–Crippen LogP) is 4.79. The maximum Gasteiger partial charge on any atom is 0.228 e. The Morgan fingerprint density at radius 1 is 1.07 bits per heavy atom. The number of anilines is 1. The number of nitrogens with zero attached hydrogens (tertiary/aromatic N) is 2. The SMILES string of the molecule is COc1ccc(CC(=O)Nc2cn(-c3ccccc3)nc2-c2cccs2)cc1. The van der Waals surface area contributed by atoms with Crippen molar-refractivity contribution in [1.82, 2.24) is 9.78 Å². The largest absolute Gasteiger partial charge is 0.497 e. The first-order chi connectivity index (χ1) is 13.7. The van der Waals surface area contributed by atoms with E-state index in [9.17, 15) is 4.79 Å². The lowest BCUT2D eigenvalue weighted by atomic mass is 10.1. The van der Waals surface area contributed by atoms with Crippen LogP contribution in [-0.2, 0) is 11.2 Å². The van der Waals surface area contributed by atoms with Gasteiger partial charge in [-0.1, -0.05) is 36.4 Å². The Balaban J connectivity index is 1.58. The molecule has 0 aliphatic heterocycles. The summed E-state index contributed by atoms with van der Waals surface area (Å²) in [5, 5.41) is 9.72. The van der Waals surface area contributed by atoms with Gasteiger partial charge in [0.2, 0.25) is 5.91 Å². The van der Waals surface area contributed by atoms with Crippen LogP contribution in [-0.4, -0.2) is 22.8 Å². The van der Waals surface area contributed by atoms with E-state index in [-0.39, 0.29) is 12.3 Å². The molecule has 2 heterocycles. The number of hydrogen-bond acceptors (Lipinski definition) is 4. The number of amides is 1. The second-order valence-corrected chi connectivity index (χ2v) is 7.17. The fourth-order valence-electron chi connectivity index (χ4n) is 2.90. The van der Waals surface area contributed by atoms with Gasteiger partial charge in [0.25, 0.3) is 0 Å². The summed E-state index contributed by atoms with van der Waals surface area (Å²) >= 11 is 1.59. The Labute approximate surface area is 167 Å². The van der Waals surface area contributed by atoms with E-state index in [0.717, 1.165) is 27.6 Å². The van der Waals surface area contributed by atoms with Gasteiger partial charge in [0.05, 0.1) is 36.0 Å². The lowest BCUT2D eigenvalue weighted by Crippen LogP contribution is -2.14. The number of hydrogen-bond donors (Lipinski definition) is 1. The van der Waals surface area contributed by atoms with Crippen LogP contribution in [0.4, 0.5) is 5.69 Å². The summed E-state index contributed by atoms with van der Waals surface area (Å²) in [6.45, 7) is 0. The third-order valence-electron chi connectivity index (χ3n) is 4.29. The Morgan fingerprint density at radius 3 is 2.54 bits per heavy atom. The molecule has 28 heavy (non-hydrogen) atoms. The van der Waals surface area contributed by atoms with Gasteiger partial charge in [0.1, 0.15) is 11.4 Å². The van der Waals surface area contributed by atoms with Crippen molar-refractivity contribution in [3.63, 3.8) is 0 Å². The van der Waals surface area contributed by atoms with E-state index in [1.165, 1.54) is 0 Å². The molecule has 0 aliphatic rings. The van der Waals surface area contributed by atoms with Crippen LogP contribution in [0.15, 0.2) is 78.3 Å². The predicted molar refractivity (Wildman–Crippen MR) is 112 cm³/mol. The Bertz CT molecular complexity index is 1060. The van der Waals surface area contributed by atoms with E-state index in [1.54, 1.807) is 23.1 Å². The van der Waals surface area contributed by atoms with Gasteiger partial charge in [-0.05, 0) is 41.3 Å². The molecule has 2 aromatic carbocycles. The van der Waals surface area contributed by atoms with E-state index in [2.05, 4.69) is 5.32 Å². The molecular weight excluding hydrogens is 370 g/mol. The smallest absolute Gasteiger partial charge is 0.228 e. The van der Waals surface area contributed by atoms with Crippen LogP contribution >= 0.6 is 11.3 Å².